The van der Waals surface area contributed by atoms with Gasteiger partial charge < -0.3 is 26.8 Å². The number of hydrogen-bond acceptors (Lipinski definition) is 5. The SMILES string of the molecule is NC(=O)CC[C@H](N)C(=O)O.O=C(O)c1ccccc1C(=O)O. The van der Waals surface area contributed by atoms with E-state index in [1.165, 1.54) is 24.3 Å². The summed E-state index contributed by atoms with van der Waals surface area (Å²) in [6.07, 6.45) is 0.123. The van der Waals surface area contributed by atoms with Gasteiger partial charge in [0, 0.05) is 6.42 Å². The van der Waals surface area contributed by atoms with Gasteiger partial charge in [-0.1, -0.05) is 12.1 Å². The molecule has 1 atom stereocenters. The molecule has 1 rings (SSSR count). The van der Waals surface area contributed by atoms with Gasteiger partial charge in [-0.2, -0.15) is 0 Å². The van der Waals surface area contributed by atoms with Crippen molar-refractivity contribution in [3.63, 3.8) is 0 Å². The average molecular weight is 312 g/mol. The Kier molecular flexibility index (Phi) is 7.87. The van der Waals surface area contributed by atoms with Crippen LogP contribution in [0.4, 0.5) is 0 Å². The molecule has 0 aliphatic rings. The van der Waals surface area contributed by atoms with Crippen LogP contribution in [0.15, 0.2) is 24.3 Å². The molecular formula is C13H16N2O7. The van der Waals surface area contributed by atoms with Crippen molar-refractivity contribution in [2.24, 2.45) is 11.5 Å². The quantitative estimate of drug-likeness (QED) is 0.476. The smallest absolute Gasteiger partial charge is 0.336 e. The van der Waals surface area contributed by atoms with E-state index in [4.69, 9.17) is 26.8 Å². The van der Waals surface area contributed by atoms with Crippen LogP contribution in [0.2, 0.25) is 0 Å². The Morgan fingerprint density at radius 3 is 1.64 bits per heavy atom. The number of carbonyl (C=O) groups excluding carboxylic acids is 1. The Hall–Kier alpha value is -2.94. The summed E-state index contributed by atoms with van der Waals surface area (Å²) in [6.45, 7) is 0. The molecule has 0 unspecified atom stereocenters. The van der Waals surface area contributed by atoms with E-state index in [0.29, 0.717) is 0 Å². The zero-order valence-electron chi connectivity index (χ0n) is 11.4. The van der Waals surface area contributed by atoms with E-state index in [2.05, 4.69) is 0 Å². The number of carboxylic acid groups (broad SMARTS) is 3. The average Bonchev–Trinajstić information content (AvgIpc) is 2.45. The molecule has 0 fully saturated rings. The van der Waals surface area contributed by atoms with E-state index in [1.54, 1.807) is 0 Å². The van der Waals surface area contributed by atoms with Crippen molar-refractivity contribution in [1.29, 1.82) is 0 Å². The van der Waals surface area contributed by atoms with E-state index in [1.807, 2.05) is 0 Å². The number of aromatic carboxylic acids is 2. The zero-order valence-corrected chi connectivity index (χ0v) is 11.4. The van der Waals surface area contributed by atoms with E-state index >= 15 is 0 Å². The Morgan fingerprint density at radius 1 is 0.955 bits per heavy atom. The maximum atomic E-state index is 10.5. The number of aliphatic carboxylic acids is 1. The monoisotopic (exact) mass is 312 g/mol. The highest BCUT2D eigenvalue weighted by atomic mass is 16.4. The van der Waals surface area contributed by atoms with Gasteiger partial charge in [0.1, 0.15) is 6.04 Å². The van der Waals surface area contributed by atoms with E-state index < -0.39 is 29.9 Å². The summed E-state index contributed by atoms with van der Waals surface area (Å²) in [7, 11) is 0. The first-order valence-electron chi connectivity index (χ1n) is 5.99. The van der Waals surface area contributed by atoms with E-state index in [-0.39, 0.29) is 24.0 Å². The minimum absolute atomic E-state index is 0.0213. The van der Waals surface area contributed by atoms with Crippen LogP contribution < -0.4 is 11.5 Å². The number of hydrogen-bond donors (Lipinski definition) is 5. The maximum Gasteiger partial charge on any atom is 0.336 e. The minimum atomic E-state index is -1.23. The van der Waals surface area contributed by atoms with Gasteiger partial charge in [0.15, 0.2) is 0 Å². The van der Waals surface area contributed by atoms with Gasteiger partial charge in [0.25, 0.3) is 0 Å². The first-order chi connectivity index (χ1) is 10.2. The summed E-state index contributed by atoms with van der Waals surface area (Å²) >= 11 is 0. The molecule has 0 aromatic heterocycles. The molecule has 22 heavy (non-hydrogen) atoms. The molecule has 1 aromatic rings. The van der Waals surface area contributed by atoms with E-state index in [0.717, 1.165) is 0 Å². The predicted octanol–water partition coefficient (Wildman–Crippen LogP) is -0.253. The second-order valence-corrected chi connectivity index (χ2v) is 4.11. The van der Waals surface area contributed by atoms with Crippen LogP contribution in [-0.4, -0.2) is 45.2 Å². The minimum Gasteiger partial charge on any atom is -0.480 e. The molecule has 9 nitrogen and oxygen atoms in total. The Morgan fingerprint density at radius 2 is 1.36 bits per heavy atom. The Bertz CT molecular complexity index is 538. The van der Waals surface area contributed by atoms with Crippen LogP contribution >= 0.6 is 0 Å². The summed E-state index contributed by atoms with van der Waals surface area (Å²) in [6, 6.07) is 4.50. The normalized spacial score (nSPS) is 10.8. The number of rotatable bonds is 6. The lowest BCUT2D eigenvalue weighted by Crippen LogP contribution is -2.31. The number of benzene rings is 1. The molecule has 0 spiro atoms. The third-order valence-corrected chi connectivity index (χ3v) is 2.41. The molecule has 0 heterocycles. The molecular weight excluding hydrogens is 296 g/mol. The van der Waals surface area contributed by atoms with Gasteiger partial charge in [-0.05, 0) is 18.6 Å². The second kappa shape index (κ2) is 9.08. The highest BCUT2D eigenvalue weighted by molar-refractivity contribution is 6.01. The number of carboxylic acids is 3. The molecule has 9 heteroatoms. The van der Waals surface area contributed by atoms with Crippen molar-refractivity contribution in [2.75, 3.05) is 0 Å². The van der Waals surface area contributed by atoms with Gasteiger partial charge in [-0.3, -0.25) is 9.59 Å². The van der Waals surface area contributed by atoms with Crippen molar-refractivity contribution in [1.82, 2.24) is 0 Å². The molecule has 120 valence electrons. The molecule has 0 saturated heterocycles. The van der Waals surface area contributed by atoms with E-state index in [9.17, 15) is 19.2 Å². The van der Waals surface area contributed by atoms with Crippen molar-refractivity contribution in [2.45, 2.75) is 18.9 Å². The standard InChI is InChI=1S/C8H6O4.C5H10N2O3/c9-7(10)5-3-1-2-4-6(5)8(11)12;6-3(5(9)10)1-2-4(7)8/h1-4H,(H,9,10)(H,11,12);3H,1-2,6H2,(H2,7,8)(H,9,10)/t;3-/m.0/s1. The highest BCUT2D eigenvalue weighted by Crippen LogP contribution is 2.07. The van der Waals surface area contributed by atoms with Crippen LogP contribution in [0.3, 0.4) is 0 Å². The van der Waals surface area contributed by atoms with Crippen LogP contribution in [0.1, 0.15) is 33.6 Å². The fourth-order valence-corrected chi connectivity index (χ4v) is 1.28. The lowest BCUT2D eigenvalue weighted by atomic mass is 10.1. The molecule has 7 N–H and O–H groups in total. The van der Waals surface area contributed by atoms with Gasteiger partial charge in [0.2, 0.25) is 5.91 Å². The molecule has 0 aliphatic heterocycles. The lowest BCUT2D eigenvalue weighted by Gasteiger charge is -2.01. The van der Waals surface area contributed by atoms with Crippen molar-refractivity contribution in [3.8, 4) is 0 Å². The van der Waals surface area contributed by atoms with Crippen molar-refractivity contribution >= 4 is 23.8 Å². The fraction of sp³-hybridized carbons (Fsp3) is 0.231. The molecule has 1 aromatic carbocycles. The predicted molar refractivity (Wildman–Crippen MR) is 74.4 cm³/mol. The number of nitrogens with two attached hydrogens (primary N) is 2. The zero-order chi connectivity index (χ0) is 17.3. The summed E-state index contributed by atoms with van der Waals surface area (Å²) in [5.41, 5.74) is 9.43. The van der Waals surface area contributed by atoms with Crippen LogP contribution in [-0.2, 0) is 9.59 Å². The summed E-state index contributed by atoms with van der Waals surface area (Å²) in [5, 5.41) is 25.3. The maximum absolute atomic E-state index is 10.5. The van der Waals surface area contributed by atoms with Gasteiger partial charge in [-0.15, -0.1) is 0 Å². The highest BCUT2D eigenvalue weighted by Gasteiger charge is 2.13. The van der Waals surface area contributed by atoms with Crippen LogP contribution in [0.5, 0.6) is 0 Å². The lowest BCUT2D eigenvalue weighted by molar-refractivity contribution is -0.138. The van der Waals surface area contributed by atoms with Crippen LogP contribution in [0, 0.1) is 0 Å². The van der Waals surface area contributed by atoms with Gasteiger partial charge in [0.05, 0.1) is 11.1 Å². The van der Waals surface area contributed by atoms with Crippen molar-refractivity contribution in [3.05, 3.63) is 35.4 Å². The summed E-state index contributed by atoms with van der Waals surface area (Å²) in [4.78, 5) is 41.1. The Balaban J connectivity index is 0.000000409. The molecule has 0 radical (unpaired) electrons. The molecule has 1 amide bonds. The number of carbonyl (C=O) groups is 4. The topological polar surface area (TPSA) is 181 Å². The van der Waals surface area contributed by atoms with Gasteiger partial charge >= 0.3 is 17.9 Å². The summed E-state index contributed by atoms with van der Waals surface area (Å²) in [5.74, 6) is -4.10. The number of primary amides is 1. The molecule has 0 aliphatic carbocycles. The Labute approximate surface area is 125 Å². The summed E-state index contributed by atoms with van der Waals surface area (Å²) < 4.78 is 0. The third kappa shape index (κ3) is 7.01. The first kappa shape index (κ1) is 19.1. The largest absolute Gasteiger partial charge is 0.480 e. The van der Waals surface area contributed by atoms with Gasteiger partial charge in [-0.25, -0.2) is 9.59 Å². The molecule has 0 bridgehead atoms. The second-order valence-electron chi connectivity index (χ2n) is 4.11. The van der Waals surface area contributed by atoms with Crippen LogP contribution in [0.25, 0.3) is 0 Å². The fourth-order valence-electron chi connectivity index (χ4n) is 1.28. The first-order valence-corrected chi connectivity index (χ1v) is 5.99. The number of amides is 1. The molecule has 0 saturated carbocycles. The third-order valence-electron chi connectivity index (χ3n) is 2.41. The van der Waals surface area contributed by atoms with Crippen molar-refractivity contribution < 1.29 is 34.5 Å².